The van der Waals surface area contributed by atoms with Gasteiger partial charge in [-0.15, -0.1) is 0 Å². The molecule has 21 heavy (non-hydrogen) atoms. The summed E-state index contributed by atoms with van der Waals surface area (Å²) in [5, 5.41) is 23.2. The lowest BCUT2D eigenvalue weighted by atomic mass is 10.1. The number of aromatic hydroxyl groups is 2. The Morgan fingerprint density at radius 3 is 2.52 bits per heavy atom. The van der Waals surface area contributed by atoms with Crippen LogP contribution in [-0.2, 0) is 19.9 Å². The van der Waals surface area contributed by atoms with E-state index >= 15 is 0 Å². The van der Waals surface area contributed by atoms with E-state index in [-0.39, 0.29) is 17.5 Å². The predicted octanol–water partition coefficient (Wildman–Crippen LogP) is 1.67. The van der Waals surface area contributed by atoms with E-state index in [1.165, 1.54) is 12.1 Å². The van der Waals surface area contributed by atoms with Gasteiger partial charge in [-0.2, -0.15) is 5.10 Å². The monoisotopic (exact) mass is 290 g/mol. The van der Waals surface area contributed by atoms with Crippen LogP contribution in [0.25, 0.3) is 0 Å². The second kappa shape index (κ2) is 6.13. The smallest absolute Gasteiger partial charge is 0.157 e. The van der Waals surface area contributed by atoms with Crippen LogP contribution < -0.4 is 5.73 Å². The molecule has 0 spiro atoms. The topological polar surface area (TPSA) is 97.2 Å². The minimum Gasteiger partial charge on any atom is -0.504 e. The highest BCUT2D eigenvalue weighted by Crippen LogP contribution is 2.26. The van der Waals surface area contributed by atoms with Gasteiger partial charge >= 0.3 is 0 Å². The van der Waals surface area contributed by atoms with E-state index < -0.39 is 0 Å². The van der Waals surface area contributed by atoms with Gasteiger partial charge in [-0.1, -0.05) is 19.9 Å². The highest BCUT2D eigenvalue weighted by molar-refractivity contribution is 5.40. The molecule has 0 aliphatic rings. The number of phenols is 2. The van der Waals surface area contributed by atoms with Crippen molar-refractivity contribution in [1.82, 2.24) is 14.8 Å². The molecule has 6 nitrogen and oxygen atoms in total. The first kappa shape index (κ1) is 15.3. The summed E-state index contributed by atoms with van der Waals surface area (Å²) in [6.07, 6.45) is 1.34. The summed E-state index contributed by atoms with van der Waals surface area (Å²) in [6.45, 7) is 4.24. The zero-order valence-electron chi connectivity index (χ0n) is 12.6. The van der Waals surface area contributed by atoms with Crippen molar-refractivity contribution < 1.29 is 10.2 Å². The van der Waals surface area contributed by atoms with E-state index in [1.807, 2.05) is 7.05 Å². The lowest BCUT2D eigenvalue weighted by molar-refractivity contribution is 0.403. The molecule has 2 rings (SSSR count). The van der Waals surface area contributed by atoms with E-state index in [4.69, 9.17) is 5.73 Å². The summed E-state index contributed by atoms with van der Waals surface area (Å²) in [5.74, 6) is 1.73. The Balaban J connectivity index is 2.14. The average molecular weight is 290 g/mol. The van der Waals surface area contributed by atoms with Crippen LogP contribution in [0.15, 0.2) is 18.2 Å². The van der Waals surface area contributed by atoms with E-state index in [0.29, 0.717) is 12.3 Å². The van der Waals surface area contributed by atoms with Crippen molar-refractivity contribution in [2.24, 2.45) is 18.7 Å². The first-order valence-corrected chi connectivity index (χ1v) is 7.03. The van der Waals surface area contributed by atoms with Crippen molar-refractivity contribution in [3.63, 3.8) is 0 Å². The summed E-state index contributed by atoms with van der Waals surface area (Å²) in [4.78, 5) is 4.50. The summed E-state index contributed by atoms with van der Waals surface area (Å²) in [5.41, 5.74) is 7.03. The van der Waals surface area contributed by atoms with Gasteiger partial charge in [0.05, 0.1) is 6.04 Å². The van der Waals surface area contributed by atoms with Gasteiger partial charge in [-0.3, -0.25) is 4.68 Å². The molecule has 1 aromatic heterocycles. The molecule has 0 fully saturated rings. The molecule has 0 amide bonds. The fourth-order valence-corrected chi connectivity index (χ4v) is 2.27. The Bertz CT molecular complexity index is 622. The molecule has 114 valence electrons. The van der Waals surface area contributed by atoms with Crippen LogP contribution in [0.5, 0.6) is 11.5 Å². The number of hydrogen-bond acceptors (Lipinski definition) is 5. The Morgan fingerprint density at radius 2 is 1.90 bits per heavy atom. The lowest BCUT2D eigenvalue weighted by Gasteiger charge is -2.11. The number of nitrogens with two attached hydrogens (primary N) is 1. The van der Waals surface area contributed by atoms with Crippen LogP contribution in [0.2, 0.25) is 0 Å². The first-order valence-electron chi connectivity index (χ1n) is 7.03. The fraction of sp³-hybridized carbons (Fsp3) is 0.467. The minimum absolute atomic E-state index is 0.134. The Morgan fingerprint density at radius 1 is 1.19 bits per heavy atom. The number of benzene rings is 1. The number of aromatic nitrogens is 3. The molecule has 0 saturated carbocycles. The Labute approximate surface area is 124 Å². The van der Waals surface area contributed by atoms with Gasteiger partial charge in [0.1, 0.15) is 5.82 Å². The van der Waals surface area contributed by atoms with E-state index in [2.05, 4.69) is 23.9 Å². The van der Waals surface area contributed by atoms with Crippen molar-refractivity contribution in [2.75, 3.05) is 0 Å². The molecule has 1 heterocycles. The SMILES string of the molecule is CC(C)Cc1nc(C(N)Cc2ccc(O)c(O)c2)n(C)n1. The van der Waals surface area contributed by atoms with Crippen molar-refractivity contribution in [2.45, 2.75) is 32.7 Å². The normalized spacial score (nSPS) is 12.8. The Hall–Kier alpha value is -2.08. The summed E-state index contributed by atoms with van der Waals surface area (Å²) in [7, 11) is 1.83. The predicted molar refractivity (Wildman–Crippen MR) is 79.9 cm³/mol. The maximum atomic E-state index is 9.52. The minimum atomic E-state index is -0.313. The third-order valence-corrected chi connectivity index (χ3v) is 3.26. The highest BCUT2D eigenvalue weighted by Gasteiger charge is 2.16. The van der Waals surface area contributed by atoms with Crippen LogP contribution in [0.1, 0.15) is 37.1 Å². The lowest BCUT2D eigenvalue weighted by Crippen LogP contribution is -2.18. The number of nitrogens with zero attached hydrogens (tertiary/aromatic N) is 3. The molecule has 0 aliphatic heterocycles. The largest absolute Gasteiger partial charge is 0.504 e. The summed E-state index contributed by atoms with van der Waals surface area (Å²) >= 11 is 0. The summed E-state index contributed by atoms with van der Waals surface area (Å²) in [6, 6.07) is 4.39. The maximum Gasteiger partial charge on any atom is 0.157 e. The van der Waals surface area contributed by atoms with Crippen LogP contribution in [0.3, 0.4) is 0 Å². The van der Waals surface area contributed by atoms with Crippen molar-refractivity contribution in [3.8, 4) is 11.5 Å². The van der Waals surface area contributed by atoms with Gasteiger partial charge < -0.3 is 15.9 Å². The van der Waals surface area contributed by atoms with Gasteiger partial charge in [0.15, 0.2) is 17.3 Å². The maximum absolute atomic E-state index is 9.52. The summed E-state index contributed by atoms with van der Waals surface area (Å²) < 4.78 is 1.71. The molecular weight excluding hydrogens is 268 g/mol. The number of phenolic OH excluding ortho intramolecular Hbond substituents is 2. The van der Waals surface area contributed by atoms with Crippen LogP contribution in [0, 0.1) is 5.92 Å². The number of aryl methyl sites for hydroxylation is 1. The molecule has 2 aromatic rings. The van der Waals surface area contributed by atoms with Crippen LogP contribution in [-0.4, -0.2) is 25.0 Å². The van der Waals surface area contributed by atoms with E-state index in [9.17, 15) is 10.2 Å². The van der Waals surface area contributed by atoms with Crippen molar-refractivity contribution in [1.29, 1.82) is 0 Å². The molecule has 1 atom stereocenters. The molecule has 0 saturated heterocycles. The van der Waals surface area contributed by atoms with Gasteiger partial charge in [0, 0.05) is 13.5 Å². The number of hydrogen-bond donors (Lipinski definition) is 3. The van der Waals surface area contributed by atoms with Crippen molar-refractivity contribution in [3.05, 3.63) is 35.4 Å². The first-order chi connectivity index (χ1) is 9.86. The quantitative estimate of drug-likeness (QED) is 0.728. The third-order valence-electron chi connectivity index (χ3n) is 3.26. The molecule has 0 bridgehead atoms. The van der Waals surface area contributed by atoms with Crippen LogP contribution in [0.4, 0.5) is 0 Å². The third kappa shape index (κ3) is 3.72. The molecule has 1 aromatic carbocycles. The van der Waals surface area contributed by atoms with Gasteiger partial charge in [0.25, 0.3) is 0 Å². The van der Waals surface area contributed by atoms with Gasteiger partial charge in [-0.05, 0) is 30.0 Å². The molecule has 1 unspecified atom stereocenters. The van der Waals surface area contributed by atoms with Crippen molar-refractivity contribution >= 4 is 0 Å². The van der Waals surface area contributed by atoms with E-state index in [0.717, 1.165) is 23.6 Å². The average Bonchev–Trinajstić information content (AvgIpc) is 2.74. The zero-order chi connectivity index (χ0) is 15.6. The number of rotatable bonds is 5. The highest BCUT2D eigenvalue weighted by atomic mass is 16.3. The second-order valence-electron chi connectivity index (χ2n) is 5.74. The Kier molecular flexibility index (Phi) is 4.47. The van der Waals surface area contributed by atoms with E-state index in [1.54, 1.807) is 10.7 Å². The fourth-order valence-electron chi connectivity index (χ4n) is 2.27. The van der Waals surface area contributed by atoms with Gasteiger partial charge in [-0.25, -0.2) is 4.98 Å². The van der Waals surface area contributed by atoms with Crippen LogP contribution >= 0.6 is 0 Å². The standard InChI is InChI=1S/C15H22N4O2/c1-9(2)6-14-17-15(19(3)18-14)11(16)7-10-4-5-12(20)13(21)8-10/h4-5,8-9,11,20-21H,6-7,16H2,1-3H3. The molecular formula is C15H22N4O2. The molecule has 0 radical (unpaired) electrons. The molecule has 6 heteroatoms. The molecule has 4 N–H and O–H groups in total. The zero-order valence-corrected chi connectivity index (χ0v) is 12.6. The molecule has 0 aliphatic carbocycles. The second-order valence-corrected chi connectivity index (χ2v) is 5.74. The van der Waals surface area contributed by atoms with Gasteiger partial charge in [0.2, 0.25) is 0 Å².